The second-order valence-corrected chi connectivity index (χ2v) is 3.44. The largest absolute Gasteiger partial charge is 0.299 e. The molecular formula is C9H17NS. The molecule has 0 aliphatic carbocycles. The predicted molar refractivity (Wildman–Crippen MR) is 53.3 cm³/mol. The normalized spacial score (nSPS) is 20.0. The molecule has 0 radical (unpaired) electrons. The standard InChI is InChI=1S/C9H17NS/c1-2-10-6-3-4-9(8-10)5-7-11/h4,11H,2-3,5-8H2,1H3. The number of rotatable bonds is 3. The summed E-state index contributed by atoms with van der Waals surface area (Å²) in [6.07, 6.45) is 4.78. The molecule has 0 aromatic heterocycles. The quantitative estimate of drug-likeness (QED) is 0.502. The number of hydrogen-bond acceptors (Lipinski definition) is 2. The van der Waals surface area contributed by atoms with Gasteiger partial charge >= 0.3 is 0 Å². The van der Waals surface area contributed by atoms with Gasteiger partial charge in [-0.1, -0.05) is 18.6 Å². The lowest BCUT2D eigenvalue weighted by Crippen LogP contribution is -2.29. The fourth-order valence-electron chi connectivity index (χ4n) is 1.48. The summed E-state index contributed by atoms with van der Waals surface area (Å²) in [5.41, 5.74) is 1.58. The van der Waals surface area contributed by atoms with Gasteiger partial charge in [-0.15, -0.1) is 0 Å². The molecule has 0 aromatic rings. The average molecular weight is 171 g/mol. The molecule has 1 nitrogen and oxygen atoms in total. The van der Waals surface area contributed by atoms with Gasteiger partial charge in [0.25, 0.3) is 0 Å². The second kappa shape index (κ2) is 4.83. The Morgan fingerprint density at radius 1 is 1.64 bits per heavy atom. The predicted octanol–water partition coefficient (Wildman–Crippen LogP) is 1.96. The maximum atomic E-state index is 4.23. The van der Waals surface area contributed by atoms with Gasteiger partial charge in [0.2, 0.25) is 0 Å². The summed E-state index contributed by atoms with van der Waals surface area (Å²) in [6.45, 7) is 5.83. The second-order valence-electron chi connectivity index (χ2n) is 2.99. The van der Waals surface area contributed by atoms with Crippen molar-refractivity contribution in [1.82, 2.24) is 4.90 Å². The third-order valence-corrected chi connectivity index (χ3v) is 2.41. The van der Waals surface area contributed by atoms with E-state index in [9.17, 15) is 0 Å². The van der Waals surface area contributed by atoms with Gasteiger partial charge in [0, 0.05) is 13.1 Å². The fourth-order valence-corrected chi connectivity index (χ4v) is 1.76. The molecule has 1 aliphatic rings. The molecule has 0 saturated heterocycles. The van der Waals surface area contributed by atoms with E-state index in [1.165, 1.54) is 32.5 Å². The molecule has 1 rings (SSSR count). The van der Waals surface area contributed by atoms with E-state index in [0.717, 1.165) is 5.75 Å². The Hall–Kier alpha value is 0.0500. The van der Waals surface area contributed by atoms with E-state index in [1.54, 1.807) is 5.57 Å². The summed E-state index contributed by atoms with van der Waals surface area (Å²) in [7, 11) is 0. The van der Waals surface area contributed by atoms with Crippen molar-refractivity contribution in [3.63, 3.8) is 0 Å². The van der Waals surface area contributed by atoms with Gasteiger partial charge in [-0.2, -0.15) is 12.6 Å². The van der Waals surface area contributed by atoms with Crippen molar-refractivity contribution >= 4 is 12.6 Å². The smallest absolute Gasteiger partial charge is 0.0193 e. The number of thiol groups is 1. The highest BCUT2D eigenvalue weighted by atomic mass is 32.1. The highest BCUT2D eigenvalue weighted by Gasteiger charge is 2.08. The van der Waals surface area contributed by atoms with E-state index >= 15 is 0 Å². The van der Waals surface area contributed by atoms with Gasteiger partial charge in [0.1, 0.15) is 0 Å². The SMILES string of the molecule is CCN1CCC=C(CCS)C1. The summed E-state index contributed by atoms with van der Waals surface area (Å²) in [6, 6.07) is 0. The first-order valence-electron chi connectivity index (χ1n) is 4.38. The Bertz CT molecular complexity index is 142. The molecule has 0 amide bonds. The van der Waals surface area contributed by atoms with Crippen molar-refractivity contribution in [2.24, 2.45) is 0 Å². The summed E-state index contributed by atoms with van der Waals surface area (Å²) in [5, 5.41) is 0. The first kappa shape index (κ1) is 9.14. The fraction of sp³-hybridized carbons (Fsp3) is 0.778. The van der Waals surface area contributed by atoms with Gasteiger partial charge in [-0.3, -0.25) is 4.90 Å². The van der Waals surface area contributed by atoms with Crippen LogP contribution in [0.4, 0.5) is 0 Å². The monoisotopic (exact) mass is 171 g/mol. The summed E-state index contributed by atoms with van der Waals surface area (Å²) < 4.78 is 0. The van der Waals surface area contributed by atoms with E-state index < -0.39 is 0 Å². The zero-order valence-corrected chi connectivity index (χ0v) is 8.11. The summed E-state index contributed by atoms with van der Waals surface area (Å²) >= 11 is 4.23. The molecule has 0 saturated carbocycles. The van der Waals surface area contributed by atoms with Crippen LogP contribution in [0.15, 0.2) is 11.6 Å². The number of hydrogen-bond donors (Lipinski definition) is 1. The molecule has 0 atom stereocenters. The zero-order chi connectivity index (χ0) is 8.10. The van der Waals surface area contributed by atoms with Gasteiger partial charge in [0.15, 0.2) is 0 Å². The van der Waals surface area contributed by atoms with E-state index in [-0.39, 0.29) is 0 Å². The minimum Gasteiger partial charge on any atom is -0.299 e. The Balaban J connectivity index is 2.35. The van der Waals surface area contributed by atoms with Crippen molar-refractivity contribution in [2.75, 3.05) is 25.4 Å². The Morgan fingerprint density at radius 3 is 3.09 bits per heavy atom. The van der Waals surface area contributed by atoms with Crippen molar-refractivity contribution in [3.8, 4) is 0 Å². The van der Waals surface area contributed by atoms with Crippen molar-refractivity contribution in [3.05, 3.63) is 11.6 Å². The van der Waals surface area contributed by atoms with Crippen molar-refractivity contribution < 1.29 is 0 Å². The van der Waals surface area contributed by atoms with Crippen LogP contribution in [0.3, 0.4) is 0 Å². The molecule has 0 unspecified atom stereocenters. The van der Waals surface area contributed by atoms with Crippen LogP contribution in [0.1, 0.15) is 19.8 Å². The molecule has 11 heavy (non-hydrogen) atoms. The molecule has 0 N–H and O–H groups in total. The third-order valence-electron chi connectivity index (χ3n) is 2.19. The Morgan fingerprint density at radius 2 is 2.45 bits per heavy atom. The molecule has 2 heteroatoms. The highest BCUT2D eigenvalue weighted by molar-refractivity contribution is 7.80. The lowest BCUT2D eigenvalue weighted by atomic mass is 10.1. The lowest BCUT2D eigenvalue weighted by molar-refractivity contribution is 0.303. The van der Waals surface area contributed by atoms with Crippen LogP contribution in [0.2, 0.25) is 0 Å². The maximum Gasteiger partial charge on any atom is 0.0193 e. The molecule has 0 bridgehead atoms. The van der Waals surface area contributed by atoms with Crippen LogP contribution in [0.5, 0.6) is 0 Å². The van der Waals surface area contributed by atoms with Crippen molar-refractivity contribution in [1.29, 1.82) is 0 Å². The van der Waals surface area contributed by atoms with E-state index in [2.05, 4.69) is 30.5 Å². The molecule has 1 heterocycles. The summed E-state index contributed by atoms with van der Waals surface area (Å²) in [4.78, 5) is 2.48. The first-order valence-corrected chi connectivity index (χ1v) is 5.01. The van der Waals surface area contributed by atoms with Crippen LogP contribution in [-0.2, 0) is 0 Å². The molecule has 1 aliphatic heterocycles. The van der Waals surface area contributed by atoms with E-state index in [4.69, 9.17) is 0 Å². The van der Waals surface area contributed by atoms with Crippen LogP contribution in [-0.4, -0.2) is 30.3 Å². The van der Waals surface area contributed by atoms with Gasteiger partial charge in [0.05, 0.1) is 0 Å². The zero-order valence-electron chi connectivity index (χ0n) is 7.21. The Kier molecular flexibility index (Phi) is 4.02. The topological polar surface area (TPSA) is 3.24 Å². The summed E-state index contributed by atoms with van der Waals surface area (Å²) in [5.74, 6) is 0.989. The van der Waals surface area contributed by atoms with Gasteiger partial charge in [-0.25, -0.2) is 0 Å². The highest BCUT2D eigenvalue weighted by Crippen LogP contribution is 2.12. The molecule has 0 fully saturated rings. The molecule has 0 spiro atoms. The van der Waals surface area contributed by atoms with Crippen LogP contribution in [0, 0.1) is 0 Å². The van der Waals surface area contributed by atoms with Crippen molar-refractivity contribution in [2.45, 2.75) is 19.8 Å². The number of likely N-dealkylation sites (N-methyl/N-ethyl adjacent to an activating group) is 1. The minimum atomic E-state index is 0.989. The van der Waals surface area contributed by atoms with Gasteiger partial charge in [-0.05, 0) is 25.1 Å². The number of nitrogens with zero attached hydrogens (tertiary/aromatic N) is 1. The Labute approximate surface area is 74.9 Å². The van der Waals surface area contributed by atoms with Gasteiger partial charge < -0.3 is 0 Å². The first-order chi connectivity index (χ1) is 5.36. The van der Waals surface area contributed by atoms with E-state index in [0.29, 0.717) is 0 Å². The lowest BCUT2D eigenvalue weighted by Gasteiger charge is -2.25. The molecule has 0 aromatic carbocycles. The van der Waals surface area contributed by atoms with Crippen LogP contribution in [0.25, 0.3) is 0 Å². The average Bonchev–Trinajstić information content (AvgIpc) is 2.06. The van der Waals surface area contributed by atoms with E-state index in [1.807, 2.05) is 0 Å². The molecular weight excluding hydrogens is 154 g/mol. The third kappa shape index (κ3) is 2.88. The minimum absolute atomic E-state index is 0.989. The molecule has 64 valence electrons. The maximum absolute atomic E-state index is 4.23. The van der Waals surface area contributed by atoms with Crippen LogP contribution >= 0.6 is 12.6 Å². The van der Waals surface area contributed by atoms with Crippen LogP contribution < -0.4 is 0 Å².